The topological polar surface area (TPSA) is 150 Å². The molecule has 1 saturated heterocycles. The maximum atomic E-state index is 13.7. The number of fused-ring (bicyclic) bond motifs is 1. The Hall–Kier alpha value is -3.97. The summed E-state index contributed by atoms with van der Waals surface area (Å²) >= 11 is 0. The van der Waals surface area contributed by atoms with Crippen LogP contribution in [0.2, 0.25) is 0 Å². The van der Waals surface area contributed by atoms with E-state index in [-0.39, 0.29) is 28.3 Å². The number of benzene rings is 2. The fourth-order valence-corrected chi connectivity index (χ4v) is 6.30. The number of nitrogens with one attached hydrogen (secondary N) is 3. The van der Waals surface area contributed by atoms with E-state index in [1.54, 1.807) is 24.3 Å². The molecule has 3 heterocycles. The molecule has 0 radical (unpaired) electrons. The highest BCUT2D eigenvalue weighted by Gasteiger charge is 2.30. The van der Waals surface area contributed by atoms with Gasteiger partial charge in [0.2, 0.25) is 0 Å². The lowest BCUT2D eigenvalue weighted by molar-refractivity contribution is 0.0147. The number of aromatic amines is 1. The van der Waals surface area contributed by atoms with Crippen LogP contribution in [-0.2, 0) is 14.8 Å². The lowest BCUT2D eigenvalue weighted by atomic mass is 10.0. The van der Waals surface area contributed by atoms with Gasteiger partial charge in [-0.3, -0.25) is 9.82 Å². The van der Waals surface area contributed by atoms with Crippen LogP contribution in [-0.4, -0.2) is 51.7 Å². The Labute approximate surface area is 231 Å². The summed E-state index contributed by atoms with van der Waals surface area (Å²) in [6, 6.07) is 8.66. The van der Waals surface area contributed by atoms with Gasteiger partial charge in [-0.15, -0.1) is 0 Å². The van der Waals surface area contributed by atoms with Crippen molar-refractivity contribution in [3.8, 4) is 17.2 Å². The lowest BCUT2D eigenvalue weighted by Gasteiger charge is -2.24. The van der Waals surface area contributed by atoms with Crippen LogP contribution in [0.3, 0.4) is 0 Å². The quantitative estimate of drug-likeness (QED) is 0.231. The van der Waals surface area contributed by atoms with E-state index in [9.17, 15) is 8.42 Å². The number of sulfonamides is 1. The van der Waals surface area contributed by atoms with Gasteiger partial charge < -0.3 is 28.8 Å². The Morgan fingerprint density at radius 2 is 1.70 bits per heavy atom. The van der Waals surface area contributed by atoms with Crippen molar-refractivity contribution in [2.75, 3.05) is 38.0 Å². The molecule has 1 saturated carbocycles. The van der Waals surface area contributed by atoms with Gasteiger partial charge >= 0.3 is 0 Å². The first kappa shape index (κ1) is 26.3. The molecule has 212 valence electrons. The van der Waals surface area contributed by atoms with Gasteiger partial charge in [-0.2, -0.15) is 5.10 Å². The van der Waals surface area contributed by atoms with E-state index in [1.165, 1.54) is 21.3 Å². The third kappa shape index (κ3) is 5.02. The number of ether oxygens (including phenoxy) is 4. The van der Waals surface area contributed by atoms with Gasteiger partial charge in [0.1, 0.15) is 17.2 Å². The number of hydrogen-bond acceptors (Lipinski definition) is 10. The summed E-state index contributed by atoms with van der Waals surface area (Å²) < 4.78 is 57.9. The summed E-state index contributed by atoms with van der Waals surface area (Å²) in [7, 11) is 0.133. The van der Waals surface area contributed by atoms with E-state index in [2.05, 4.69) is 25.4 Å². The first-order valence-corrected chi connectivity index (χ1v) is 14.6. The van der Waals surface area contributed by atoms with E-state index in [0.29, 0.717) is 40.7 Å². The van der Waals surface area contributed by atoms with Gasteiger partial charge in [-0.25, -0.2) is 8.42 Å². The van der Waals surface area contributed by atoms with Crippen molar-refractivity contribution in [2.24, 2.45) is 0 Å². The number of hydrogen-bond donors (Lipinski definition) is 3. The molecule has 0 unspecified atom stereocenters. The largest absolute Gasteiger partial charge is 0.495 e. The third-order valence-corrected chi connectivity index (χ3v) is 8.61. The first-order chi connectivity index (χ1) is 19.4. The predicted octanol–water partition coefficient (Wildman–Crippen LogP) is 5.24. The van der Waals surface area contributed by atoms with E-state index in [4.69, 9.17) is 23.5 Å². The van der Waals surface area contributed by atoms with E-state index in [1.807, 2.05) is 6.07 Å². The second-order valence-corrected chi connectivity index (χ2v) is 11.5. The molecule has 2 aromatic heterocycles. The molecule has 13 heteroatoms. The van der Waals surface area contributed by atoms with Crippen LogP contribution in [0.25, 0.3) is 11.0 Å². The second kappa shape index (κ2) is 10.5. The molecule has 4 aromatic rings. The number of H-pyrrole nitrogens is 1. The van der Waals surface area contributed by atoms with Crippen molar-refractivity contribution < 1.29 is 31.9 Å². The fraction of sp³-hybridized carbons (Fsp3) is 0.407. The summed E-state index contributed by atoms with van der Waals surface area (Å²) in [5.41, 5.74) is 2.83. The SMILES string of the molecule is COc1cc2c(NS(=O)(=O)c3c(OC)cc([C@H]4CCCCO4)cc3OC)noc2cc1Nc1cc(C2CC2)[nH]n1. The van der Waals surface area contributed by atoms with Crippen molar-refractivity contribution in [3.63, 3.8) is 0 Å². The summed E-state index contributed by atoms with van der Waals surface area (Å²) in [5.74, 6) is 1.90. The highest BCUT2D eigenvalue weighted by atomic mass is 32.2. The van der Waals surface area contributed by atoms with E-state index in [0.717, 1.165) is 43.4 Å². The molecule has 2 aliphatic rings. The van der Waals surface area contributed by atoms with Crippen molar-refractivity contribution in [1.29, 1.82) is 0 Å². The molecular weight excluding hydrogens is 538 g/mol. The Bertz CT molecular complexity index is 1610. The van der Waals surface area contributed by atoms with E-state index >= 15 is 0 Å². The van der Waals surface area contributed by atoms with Crippen LogP contribution in [0.1, 0.15) is 55.4 Å². The summed E-state index contributed by atoms with van der Waals surface area (Å²) in [6.45, 7) is 0.653. The number of anilines is 3. The molecule has 0 amide bonds. The normalized spacial score (nSPS) is 17.5. The summed E-state index contributed by atoms with van der Waals surface area (Å²) in [6.07, 6.45) is 5.02. The zero-order chi connectivity index (χ0) is 27.9. The van der Waals surface area contributed by atoms with Crippen LogP contribution in [0.4, 0.5) is 17.3 Å². The van der Waals surface area contributed by atoms with Gasteiger partial charge in [0.15, 0.2) is 22.1 Å². The Morgan fingerprint density at radius 3 is 2.35 bits per heavy atom. The maximum absolute atomic E-state index is 13.7. The average Bonchev–Trinajstić information content (AvgIpc) is 3.61. The van der Waals surface area contributed by atoms with Crippen LogP contribution >= 0.6 is 0 Å². The highest BCUT2D eigenvalue weighted by Crippen LogP contribution is 2.42. The second-order valence-electron chi connectivity index (χ2n) is 9.90. The molecule has 2 fully saturated rings. The van der Waals surface area contributed by atoms with Crippen molar-refractivity contribution in [2.45, 2.75) is 49.0 Å². The molecular formula is C27H31N5O7S. The monoisotopic (exact) mass is 569 g/mol. The minimum Gasteiger partial charge on any atom is -0.495 e. The zero-order valence-electron chi connectivity index (χ0n) is 22.4. The van der Waals surface area contributed by atoms with Crippen LogP contribution < -0.4 is 24.2 Å². The minimum absolute atomic E-state index is 0.000523. The number of aromatic nitrogens is 3. The summed E-state index contributed by atoms with van der Waals surface area (Å²) in [5, 5.41) is 15.0. The van der Waals surface area contributed by atoms with Crippen molar-refractivity contribution in [3.05, 3.63) is 41.6 Å². The molecule has 0 spiro atoms. The van der Waals surface area contributed by atoms with Gasteiger partial charge in [-0.05, 0) is 55.9 Å². The minimum atomic E-state index is -4.22. The molecule has 1 aliphatic carbocycles. The number of methoxy groups -OCH3 is 3. The molecule has 2 aromatic carbocycles. The van der Waals surface area contributed by atoms with Gasteiger partial charge in [0.25, 0.3) is 10.0 Å². The smallest absolute Gasteiger partial charge is 0.270 e. The highest BCUT2D eigenvalue weighted by molar-refractivity contribution is 7.93. The molecule has 12 nitrogen and oxygen atoms in total. The Morgan fingerprint density at radius 1 is 0.950 bits per heavy atom. The molecule has 1 aliphatic heterocycles. The van der Waals surface area contributed by atoms with Crippen molar-refractivity contribution in [1.82, 2.24) is 15.4 Å². The number of nitrogens with zero attached hydrogens (tertiary/aromatic N) is 2. The molecule has 0 bridgehead atoms. The number of rotatable bonds is 10. The van der Waals surface area contributed by atoms with Crippen LogP contribution in [0.5, 0.6) is 17.2 Å². The van der Waals surface area contributed by atoms with Gasteiger partial charge in [-0.1, -0.05) is 5.16 Å². The van der Waals surface area contributed by atoms with Crippen LogP contribution in [0.15, 0.2) is 39.8 Å². The fourth-order valence-electron chi connectivity index (χ4n) is 4.98. The standard InChI is InChI=1S/C27H31N5O7S/c1-35-22-12-17-21(13-19(22)28-25-14-18(29-30-25)15-7-8-15)39-31-27(17)32-40(33,34)26-23(36-2)10-16(11-24(26)37-3)20-6-4-5-9-38-20/h10-15,20H,4-9H2,1-3H3,(H,31,32)(H2,28,29,30)/t20-/m1/s1. The maximum Gasteiger partial charge on any atom is 0.270 e. The average molecular weight is 570 g/mol. The van der Waals surface area contributed by atoms with Crippen molar-refractivity contribution >= 4 is 38.3 Å². The summed E-state index contributed by atoms with van der Waals surface area (Å²) in [4.78, 5) is -0.150. The lowest BCUT2D eigenvalue weighted by Crippen LogP contribution is -2.17. The molecule has 40 heavy (non-hydrogen) atoms. The predicted molar refractivity (Wildman–Crippen MR) is 147 cm³/mol. The first-order valence-electron chi connectivity index (χ1n) is 13.1. The molecule has 6 rings (SSSR count). The van der Waals surface area contributed by atoms with Gasteiger partial charge in [0, 0.05) is 30.4 Å². The molecule has 3 N–H and O–H groups in total. The van der Waals surface area contributed by atoms with Gasteiger partial charge in [0.05, 0.1) is 38.5 Å². The third-order valence-electron chi connectivity index (χ3n) is 7.20. The molecule has 1 atom stereocenters. The van der Waals surface area contributed by atoms with E-state index < -0.39 is 10.0 Å². The zero-order valence-corrected chi connectivity index (χ0v) is 23.3. The van der Waals surface area contributed by atoms with Crippen LogP contribution in [0, 0.1) is 0 Å². The Balaban J connectivity index is 1.31. The Kier molecular flexibility index (Phi) is 6.92.